The van der Waals surface area contributed by atoms with Gasteiger partial charge < -0.3 is 10.6 Å². The van der Waals surface area contributed by atoms with Crippen molar-refractivity contribution in [2.24, 2.45) is 0 Å². The number of nitrogens with zero attached hydrogens (tertiary/aromatic N) is 8. The minimum absolute atomic E-state index is 0.00550. The van der Waals surface area contributed by atoms with Crippen molar-refractivity contribution in [3.63, 3.8) is 0 Å². The summed E-state index contributed by atoms with van der Waals surface area (Å²) in [6, 6.07) is 16.3. The molecule has 1 atom stereocenters. The molecule has 1 saturated heterocycles. The lowest BCUT2D eigenvalue weighted by Crippen LogP contribution is -2.53. The van der Waals surface area contributed by atoms with Crippen LogP contribution < -0.4 is 11.2 Å². The Balaban J connectivity index is 1.24. The molecule has 2 aliphatic rings. The van der Waals surface area contributed by atoms with E-state index in [2.05, 4.69) is 49.9 Å². The smallest absolute Gasteiger partial charge is 0.246 e. The number of hydrogen-bond donors (Lipinski definition) is 2. The molecule has 4 aromatic heterocycles. The first-order chi connectivity index (χ1) is 20.1. The fourth-order valence-corrected chi connectivity index (χ4v) is 5.79. The molecule has 1 aliphatic heterocycles. The molecular weight excluding hydrogens is 516 g/mol. The van der Waals surface area contributed by atoms with E-state index in [9.17, 15) is 4.79 Å². The van der Waals surface area contributed by atoms with E-state index in [0.29, 0.717) is 30.5 Å². The number of rotatable bonds is 6. The molecule has 5 heterocycles. The lowest BCUT2D eigenvalue weighted by atomic mass is 10.1. The number of hydrogen-bond acceptors (Lipinski definition) is 8. The zero-order chi connectivity index (χ0) is 27.9. The fourth-order valence-electron chi connectivity index (χ4n) is 5.79. The Morgan fingerprint density at radius 3 is 2.71 bits per heavy atom. The van der Waals surface area contributed by atoms with E-state index < -0.39 is 0 Å². The molecule has 41 heavy (non-hydrogen) atoms. The lowest BCUT2D eigenvalue weighted by Gasteiger charge is -2.36. The molecule has 1 aliphatic carbocycles. The van der Waals surface area contributed by atoms with Crippen LogP contribution in [-0.2, 0) is 11.2 Å². The quantitative estimate of drug-likeness (QED) is 0.312. The summed E-state index contributed by atoms with van der Waals surface area (Å²) in [7, 11) is 0. The predicted octanol–water partition coefficient (Wildman–Crippen LogP) is 3.07. The van der Waals surface area contributed by atoms with Gasteiger partial charge in [0.1, 0.15) is 11.3 Å². The van der Waals surface area contributed by atoms with E-state index >= 15 is 0 Å². The molecule has 1 unspecified atom stereocenters. The van der Waals surface area contributed by atoms with Crippen molar-refractivity contribution in [3.8, 4) is 22.9 Å². The minimum Gasteiger partial charge on any atom is -0.383 e. The van der Waals surface area contributed by atoms with Crippen LogP contribution in [-0.4, -0.2) is 71.3 Å². The fraction of sp³-hybridized carbons (Fsp3) is 0.233. The summed E-state index contributed by atoms with van der Waals surface area (Å²) in [6.45, 7) is 6.55. The summed E-state index contributed by atoms with van der Waals surface area (Å²) < 4.78 is 3.80. The van der Waals surface area contributed by atoms with Gasteiger partial charge in [-0.2, -0.15) is 5.10 Å². The van der Waals surface area contributed by atoms with Crippen molar-refractivity contribution in [3.05, 3.63) is 90.9 Å². The Morgan fingerprint density at radius 2 is 1.93 bits per heavy atom. The number of nitrogens with one attached hydrogen (secondary N) is 1. The van der Waals surface area contributed by atoms with Crippen LogP contribution in [0.3, 0.4) is 0 Å². The van der Waals surface area contributed by atoms with Gasteiger partial charge in [-0.3, -0.25) is 9.36 Å². The van der Waals surface area contributed by atoms with Crippen molar-refractivity contribution in [1.29, 1.82) is 0 Å². The summed E-state index contributed by atoms with van der Waals surface area (Å²) in [5, 5.41) is 6.59. The average Bonchev–Trinajstić information content (AvgIpc) is 3.76. The highest BCUT2D eigenvalue weighted by atomic mass is 16.2. The third kappa shape index (κ3) is 4.54. The Hall–Kier alpha value is -4.87. The Bertz CT molecular complexity index is 1750. The van der Waals surface area contributed by atoms with E-state index in [1.165, 1.54) is 17.2 Å². The highest BCUT2D eigenvalue weighted by Crippen LogP contribution is 2.36. The van der Waals surface area contributed by atoms with E-state index in [0.717, 1.165) is 48.3 Å². The average molecular weight is 547 g/mol. The van der Waals surface area contributed by atoms with Crippen molar-refractivity contribution >= 4 is 22.9 Å². The van der Waals surface area contributed by atoms with E-state index in [4.69, 9.17) is 15.7 Å². The maximum Gasteiger partial charge on any atom is 0.246 e. The number of pyridine rings is 2. The predicted molar refractivity (Wildman–Crippen MR) is 156 cm³/mol. The number of carbonyl (C=O) groups excluding carboxylic acids is 1. The SMILES string of the molecule is C=CC(=O)N1CCN(NC2CCc3cc(-n4c(-c5cccnc5N)nc5ccc(-n6cccn6)nc54)ccc32)CC1. The second kappa shape index (κ2) is 10.3. The second-order valence-electron chi connectivity index (χ2n) is 10.3. The van der Waals surface area contributed by atoms with Crippen molar-refractivity contribution in [2.45, 2.75) is 18.9 Å². The van der Waals surface area contributed by atoms with Crippen LogP contribution in [0.25, 0.3) is 34.1 Å². The highest BCUT2D eigenvalue weighted by Gasteiger charge is 2.28. The zero-order valence-corrected chi connectivity index (χ0v) is 22.5. The van der Waals surface area contributed by atoms with Gasteiger partial charge in [0.05, 0.1) is 5.56 Å². The van der Waals surface area contributed by atoms with E-state index in [-0.39, 0.29) is 11.9 Å². The molecule has 206 valence electrons. The van der Waals surface area contributed by atoms with Crippen LogP contribution in [0, 0.1) is 0 Å². The molecule has 11 heteroatoms. The van der Waals surface area contributed by atoms with Gasteiger partial charge in [0.2, 0.25) is 5.91 Å². The largest absolute Gasteiger partial charge is 0.383 e. The summed E-state index contributed by atoms with van der Waals surface area (Å²) >= 11 is 0. The standard InChI is InChI=1S/C30H30N10O/c1-2-27(41)37-15-17-38(18-16-37)36-24-9-6-20-19-21(7-8-22(20)24)40-29(23-5-3-12-32-28(23)31)34-25-10-11-26(35-30(25)40)39-14-4-13-33-39/h2-5,7-8,10-14,19,24,36H,1,6,9,15-18H2,(H2,31,32). The number of nitrogens with two attached hydrogens (primary N) is 1. The lowest BCUT2D eigenvalue weighted by molar-refractivity contribution is -0.128. The molecule has 0 radical (unpaired) electrons. The van der Waals surface area contributed by atoms with Gasteiger partial charge in [0, 0.05) is 56.5 Å². The van der Waals surface area contributed by atoms with E-state index in [1.54, 1.807) is 17.1 Å². The van der Waals surface area contributed by atoms with Gasteiger partial charge in [-0.1, -0.05) is 12.6 Å². The maximum atomic E-state index is 11.9. The number of benzene rings is 1. The molecule has 0 spiro atoms. The van der Waals surface area contributed by atoms with Gasteiger partial charge in [0.15, 0.2) is 17.3 Å². The third-order valence-electron chi connectivity index (χ3n) is 7.88. The number of hydrazine groups is 1. The number of fused-ring (bicyclic) bond motifs is 2. The van der Waals surface area contributed by atoms with Gasteiger partial charge >= 0.3 is 0 Å². The second-order valence-corrected chi connectivity index (χ2v) is 10.3. The summed E-state index contributed by atoms with van der Waals surface area (Å²) in [4.78, 5) is 28.0. The number of amides is 1. The summed E-state index contributed by atoms with van der Waals surface area (Å²) in [5.74, 6) is 1.80. The summed E-state index contributed by atoms with van der Waals surface area (Å²) in [6.07, 6.45) is 8.63. The minimum atomic E-state index is -0.00550. The van der Waals surface area contributed by atoms with Crippen LogP contribution in [0.4, 0.5) is 5.82 Å². The molecule has 1 fully saturated rings. The topological polar surface area (TPSA) is 123 Å². The molecule has 5 aromatic rings. The first kappa shape index (κ1) is 25.1. The Labute approximate surface area is 236 Å². The Kier molecular flexibility index (Phi) is 6.29. The molecule has 0 bridgehead atoms. The molecule has 7 rings (SSSR count). The van der Waals surface area contributed by atoms with Crippen LogP contribution >= 0.6 is 0 Å². The monoisotopic (exact) mass is 546 g/mol. The van der Waals surface area contributed by atoms with Crippen molar-refractivity contribution in [2.75, 3.05) is 31.9 Å². The number of imidazole rings is 1. The van der Waals surface area contributed by atoms with E-state index in [1.807, 2.05) is 41.4 Å². The maximum absolute atomic E-state index is 11.9. The highest BCUT2D eigenvalue weighted by molar-refractivity contribution is 5.87. The van der Waals surface area contributed by atoms with Gasteiger partial charge in [-0.15, -0.1) is 0 Å². The van der Waals surface area contributed by atoms with Gasteiger partial charge in [-0.05, 0) is 72.5 Å². The van der Waals surface area contributed by atoms with Crippen molar-refractivity contribution in [1.82, 2.24) is 44.6 Å². The number of aromatic nitrogens is 6. The van der Waals surface area contributed by atoms with Gasteiger partial charge in [0.25, 0.3) is 0 Å². The normalized spacial score (nSPS) is 17.2. The molecule has 1 amide bonds. The molecule has 3 N–H and O–H groups in total. The number of aryl methyl sites for hydroxylation is 1. The molecular formula is C30H30N10O. The first-order valence-electron chi connectivity index (χ1n) is 13.7. The molecule has 0 saturated carbocycles. The summed E-state index contributed by atoms with van der Waals surface area (Å²) in [5.41, 5.74) is 15.8. The van der Waals surface area contributed by atoms with Crippen LogP contribution in [0.5, 0.6) is 0 Å². The number of nitrogen functional groups attached to an aromatic ring is 1. The molecule has 1 aromatic carbocycles. The molecule has 11 nitrogen and oxygen atoms in total. The van der Waals surface area contributed by atoms with Gasteiger partial charge in [-0.25, -0.2) is 30.1 Å². The van der Waals surface area contributed by atoms with Crippen LogP contribution in [0.15, 0.2) is 79.8 Å². The van der Waals surface area contributed by atoms with Crippen LogP contribution in [0.1, 0.15) is 23.6 Å². The zero-order valence-electron chi connectivity index (χ0n) is 22.5. The Morgan fingerprint density at radius 1 is 1.05 bits per heavy atom. The van der Waals surface area contributed by atoms with Crippen molar-refractivity contribution < 1.29 is 4.79 Å². The number of anilines is 1. The first-order valence-corrected chi connectivity index (χ1v) is 13.7. The third-order valence-corrected chi connectivity index (χ3v) is 7.88. The number of carbonyl (C=O) groups is 1. The number of piperazine rings is 1. The van der Waals surface area contributed by atoms with Crippen LogP contribution in [0.2, 0.25) is 0 Å².